The molecule has 0 atom stereocenters. The van der Waals surface area contributed by atoms with E-state index >= 15 is 0 Å². The molecule has 0 unspecified atom stereocenters. The Labute approximate surface area is 110 Å². The van der Waals surface area contributed by atoms with Crippen LogP contribution in [0, 0.1) is 0 Å². The second kappa shape index (κ2) is 5.60. The SMILES string of the molecule is COc1cc(N)ccc1C(=O)OCC(=O)NC1CC1. The maximum absolute atomic E-state index is 11.8. The second-order valence-corrected chi connectivity index (χ2v) is 4.38. The zero-order valence-electron chi connectivity index (χ0n) is 10.6. The van der Waals surface area contributed by atoms with Gasteiger partial charge in [-0.1, -0.05) is 0 Å². The lowest BCUT2D eigenvalue weighted by Gasteiger charge is -2.09. The van der Waals surface area contributed by atoms with Crippen molar-refractivity contribution in [2.45, 2.75) is 18.9 Å². The number of ether oxygens (including phenoxy) is 2. The Morgan fingerprint density at radius 2 is 2.16 bits per heavy atom. The molecule has 19 heavy (non-hydrogen) atoms. The van der Waals surface area contributed by atoms with Crippen LogP contribution in [0.25, 0.3) is 0 Å². The second-order valence-electron chi connectivity index (χ2n) is 4.38. The third kappa shape index (κ3) is 3.61. The molecule has 6 nitrogen and oxygen atoms in total. The van der Waals surface area contributed by atoms with Crippen molar-refractivity contribution in [3.05, 3.63) is 23.8 Å². The van der Waals surface area contributed by atoms with Gasteiger partial charge >= 0.3 is 5.97 Å². The number of esters is 1. The highest BCUT2D eigenvalue weighted by Gasteiger charge is 2.24. The molecule has 1 saturated carbocycles. The highest BCUT2D eigenvalue weighted by atomic mass is 16.5. The summed E-state index contributed by atoms with van der Waals surface area (Å²) in [4.78, 5) is 23.2. The Hall–Kier alpha value is -2.24. The number of benzene rings is 1. The van der Waals surface area contributed by atoms with Crippen molar-refractivity contribution in [1.82, 2.24) is 5.32 Å². The number of nitrogens with two attached hydrogens (primary N) is 1. The minimum absolute atomic E-state index is 0.246. The van der Waals surface area contributed by atoms with Crippen LogP contribution in [-0.2, 0) is 9.53 Å². The Balaban J connectivity index is 1.93. The maximum Gasteiger partial charge on any atom is 0.342 e. The molecule has 0 spiro atoms. The average molecular weight is 264 g/mol. The van der Waals surface area contributed by atoms with Gasteiger partial charge in [-0.05, 0) is 25.0 Å². The van der Waals surface area contributed by atoms with E-state index in [0.29, 0.717) is 11.4 Å². The van der Waals surface area contributed by atoms with Gasteiger partial charge in [-0.3, -0.25) is 4.79 Å². The van der Waals surface area contributed by atoms with Gasteiger partial charge < -0.3 is 20.5 Å². The van der Waals surface area contributed by atoms with Gasteiger partial charge in [-0.2, -0.15) is 0 Å². The zero-order valence-corrected chi connectivity index (χ0v) is 10.6. The van der Waals surface area contributed by atoms with Crippen LogP contribution in [0.15, 0.2) is 18.2 Å². The molecule has 1 aromatic carbocycles. The molecule has 102 valence electrons. The molecule has 0 radical (unpaired) electrons. The average Bonchev–Trinajstić information content (AvgIpc) is 3.19. The van der Waals surface area contributed by atoms with Crippen molar-refractivity contribution in [3.63, 3.8) is 0 Å². The van der Waals surface area contributed by atoms with E-state index < -0.39 is 5.97 Å². The summed E-state index contributed by atoms with van der Waals surface area (Å²) < 4.78 is 9.98. The number of anilines is 1. The number of nitrogen functional groups attached to an aromatic ring is 1. The van der Waals surface area contributed by atoms with Crippen LogP contribution >= 0.6 is 0 Å². The van der Waals surface area contributed by atoms with Gasteiger partial charge in [0.15, 0.2) is 6.61 Å². The van der Waals surface area contributed by atoms with E-state index in [9.17, 15) is 9.59 Å². The largest absolute Gasteiger partial charge is 0.496 e. The molecule has 6 heteroatoms. The third-order valence-electron chi connectivity index (χ3n) is 2.72. The van der Waals surface area contributed by atoms with Crippen LogP contribution in [0.5, 0.6) is 5.75 Å². The molecule has 1 aliphatic rings. The lowest BCUT2D eigenvalue weighted by atomic mass is 10.2. The molecule has 0 aromatic heterocycles. The van der Waals surface area contributed by atoms with Crippen LogP contribution in [-0.4, -0.2) is 31.6 Å². The number of amides is 1. The van der Waals surface area contributed by atoms with Gasteiger partial charge in [0.2, 0.25) is 0 Å². The summed E-state index contributed by atoms with van der Waals surface area (Å²) in [7, 11) is 1.44. The number of methoxy groups -OCH3 is 1. The van der Waals surface area contributed by atoms with Crippen molar-refractivity contribution >= 4 is 17.6 Å². The first-order valence-corrected chi connectivity index (χ1v) is 6.00. The van der Waals surface area contributed by atoms with Crippen molar-refractivity contribution in [3.8, 4) is 5.75 Å². The van der Waals surface area contributed by atoms with E-state index in [2.05, 4.69) is 5.32 Å². The smallest absolute Gasteiger partial charge is 0.342 e. The van der Waals surface area contributed by atoms with Crippen LogP contribution in [0.3, 0.4) is 0 Å². The minimum Gasteiger partial charge on any atom is -0.496 e. The first-order valence-electron chi connectivity index (χ1n) is 6.00. The van der Waals surface area contributed by atoms with Crippen LogP contribution in [0.2, 0.25) is 0 Å². The number of hydrogen-bond donors (Lipinski definition) is 2. The molecule has 0 heterocycles. The lowest BCUT2D eigenvalue weighted by molar-refractivity contribution is -0.124. The van der Waals surface area contributed by atoms with Crippen molar-refractivity contribution < 1.29 is 19.1 Å². The fourth-order valence-corrected chi connectivity index (χ4v) is 1.58. The van der Waals surface area contributed by atoms with E-state index in [0.717, 1.165) is 12.8 Å². The van der Waals surface area contributed by atoms with E-state index in [1.165, 1.54) is 19.2 Å². The maximum atomic E-state index is 11.8. The van der Waals surface area contributed by atoms with Gasteiger partial charge in [0.25, 0.3) is 5.91 Å². The normalized spacial score (nSPS) is 13.7. The predicted octanol–water partition coefficient (Wildman–Crippen LogP) is 0.713. The first-order chi connectivity index (χ1) is 9.10. The Morgan fingerprint density at radius 3 is 2.79 bits per heavy atom. The van der Waals surface area contributed by atoms with Crippen molar-refractivity contribution in [2.24, 2.45) is 0 Å². The van der Waals surface area contributed by atoms with Gasteiger partial charge in [0.1, 0.15) is 11.3 Å². The first kappa shape index (κ1) is 13.2. The van der Waals surface area contributed by atoms with Crippen LogP contribution in [0.4, 0.5) is 5.69 Å². The topological polar surface area (TPSA) is 90.7 Å². The summed E-state index contributed by atoms with van der Waals surface area (Å²) in [5.74, 6) is -0.569. The number of carbonyl (C=O) groups is 2. The van der Waals surface area contributed by atoms with E-state index in [1.54, 1.807) is 6.07 Å². The Kier molecular flexibility index (Phi) is 3.89. The quantitative estimate of drug-likeness (QED) is 0.604. The molecular formula is C13H16N2O4. The number of hydrogen-bond acceptors (Lipinski definition) is 5. The minimum atomic E-state index is -0.609. The molecule has 1 aliphatic carbocycles. The third-order valence-corrected chi connectivity index (χ3v) is 2.72. The van der Waals surface area contributed by atoms with Gasteiger partial charge in [0.05, 0.1) is 7.11 Å². The van der Waals surface area contributed by atoms with Crippen LogP contribution in [0.1, 0.15) is 23.2 Å². The highest BCUT2D eigenvalue weighted by Crippen LogP contribution is 2.22. The fourth-order valence-electron chi connectivity index (χ4n) is 1.58. The van der Waals surface area contributed by atoms with Crippen molar-refractivity contribution in [1.29, 1.82) is 0 Å². The zero-order chi connectivity index (χ0) is 13.8. The summed E-state index contributed by atoms with van der Waals surface area (Å²) >= 11 is 0. The molecule has 3 N–H and O–H groups in total. The molecule has 0 saturated heterocycles. The summed E-state index contributed by atoms with van der Waals surface area (Å²) in [5, 5.41) is 2.73. The lowest BCUT2D eigenvalue weighted by Crippen LogP contribution is -2.30. The molecule has 0 aliphatic heterocycles. The van der Waals surface area contributed by atoms with E-state index in [1.807, 2.05) is 0 Å². The van der Waals surface area contributed by atoms with Crippen molar-refractivity contribution in [2.75, 3.05) is 19.5 Å². The number of rotatable bonds is 5. The van der Waals surface area contributed by atoms with Crippen LogP contribution < -0.4 is 15.8 Å². The van der Waals surface area contributed by atoms with E-state index in [-0.39, 0.29) is 24.1 Å². The molecule has 0 bridgehead atoms. The monoisotopic (exact) mass is 264 g/mol. The van der Waals surface area contributed by atoms with Gasteiger partial charge in [-0.25, -0.2) is 4.79 Å². The molecule has 1 fully saturated rings. The molecule has 1 aromatic rings. The molecular weight excluding hydrogens is 248 g/mol. The predicted molar refractivity (Wildman–Crippen MR) is 68.9 cm³/mol. The number of nitrogens with one attached hydrogen (secondary N) is 1. The van der Waals surface area contributed by atoms with E-state index in [4.69, 9.17) is 15.2 Å². The molecule has 2 rings (SSSR count). The molecule has 1 amide bonds. The standard InChI is InChI=1S/C13H16N2O4/c1-18-11-6-8(14)2-5-10(11)13(17)19-7-12(16)15-9-3-4-9/h2,5-6,9H,3-4,7,14H2,1H3,(H,15,16). The van der Waals surface area contributed by atoms with Gasteiger partial charge in [-0.15, -0.1) is 0 Å². The summed E-state index contributed by atoms with van der Waals surface area (Å²) in [6.07, 6.45) is 1.98. The number of carbonyl (C=O) groups excluding carboxylic acids is 2. The summed E-state index contributed by atoms with van der Waals surface area (Å²) in [6, 6.07) is 4.86. The summed E-state index contributed by atoms with van der Waals surface area (Å²) in [5.41, 5.74) is 6.32. The summed E-state index contributed by atoms with van der Waals surface area (Å²) in [6.45, 7) is -0.289. The van der Waals surface area contributed by atoms with Gasteiger partial charge in [0, 0.05) is 17.8 Å². The Morgan fingerprint density at radius 1 is 1.42 bits per heavy atom. The Bertz CT molecular complexity index is 497. The highest BCUT2D eigenvalue weighted by molar-refractivity contribution is 5.94. The fraction of sp³-hybridized carbons (Fsp3) is 0.385.